The Hall–Kier alpha value is -2.06. The predicted molar refractivity (Wildman–Crippen MR) is 284 cm³/mol. The summed E-state index contributed by atoms with van der Waals surface area (Å²) >= 11 is 0. The van der Waals surface area contributed by atoms with Crippen LogP contribution in [0.15, 0.2) is 72.9 Å². The summed E-state index contributed by atoms with van der Waals surface area (Å²) in [7, 11) is -4.29. The maximum Gasteiger partial charge on any atom is 0.472 e. The Morgan fingerprint density at radius 3 is 1.27 bits per heavy atom. The van der Waals surface area contributed by atoms with Crippen LogP contribution in [0.2, 0.25) is 0 Å². The lowest BCUT2D eigenvalue weighted by molar-refractivity contribution is -0.154. The molecule has 0 aliphatic heterocycles. The largest absolute Gasteiger partial charge is 0.472 e. The van der Waals surface area contributed by atoms with E-state index >= 15 is 0 Å². The van der Waals surface area contributed by atoms with Gasteiger partial charge in [0.2, 0.25) is 0 Å². The number of phosphoric acid groups is 1. The standard InChI is InChI=1S/C57H104NO7P/c1-3-5-7-9-11-13-15-17-19-21-23-25-27-29-31-33-35-37-39-41-43-45-47-49-52-62-54-56(55-64-66(60,61)63-53-51-58)65-57(59)50-48-46-44-42-40-38-36-34-32-30-28-26-24-22-20-18-16-14-12-10-8-6-4-2/h6,8,12,14-15,17-18,20-21,23-24,26,56H,3-5,7,9-11,13,16,19,22,25,27-55,58H2,1-2H3,(H,60,61)/b8-6-,14-12-,17-15-,20-18-,23-21-,26-24-. The van der Waals surface area contributed by atoms with Gasteiger partial charge in [0, 0.05) is 19.6 Å². The van der Waals surface area contributed by atoms with Crippen LogP contribution in [-0.4, -0.2) is 49.9 Å². The molecule has 0 bridgehead atoms. The Bertz CT molecular complexity index is 1250. The summed E-state index contributed by atoms with van der Waals surface area (Å²) in [6.45, 7) is 4.82. The Kier molecular flexibility index (Phi) is 52.2. The molecular formula is C57H104NO7P. The molecule has 0 spiro atoms. The van der Waals surface area contributed by atoms with Crippen molar-refractivity contribution >= 4 is 13.8 Å². The first-order valence-corrected chi connectivity index (χ1v) is 28.9. The van der Waals surface area contributed by atoms with Crippen LogP contribution in [0, 0.1) is 0 Å². The second-order valence-electron chi connectivity index (χ2n) is 18.1. The van der Waals surface area contributed by atoms with Crippen molar-refractivity contribution in [3.8, 4) is 0 Å². The van der Waals surface area contributed by atoms with Gasteiger partial charge in [-0.05, 0) is 83.5 Å². The summed E-state index contributed by atoms with van der Waals surface area (Å²) in [6.07, 6.45) is 69.4. The van der Waals surface area contributed by atoms with Crippen LogP contribution >= 0.6 is 7.82 Å². The summed E-state index contributed by atoms with van der Waals surface area (Å²) in [5.74, 6) is -0.335. The summed E-state index contributed by atoms with van der Waals surface area (Å²) in [6, 6.07) is 0. The fourth-order valence-corrected chi connectivity index (χ4v) is 8.37. The fourth-order valence-electron chi connectivity index (χ4n) is 7.61. The van der Waals surface area contributed by atoms with Gasteiger partial charge in [0.15, 0.2) is 0 Å². The molecule has 9 heteroatoms. The molecule has 0 saturated heterocycles. The van der Waals surface area contributed by atoms with Crippen molar-refractivity contribution < 1.29 is 32.8 Å². The van der Waals surface area contributed by atoms with Crippen molar-refractivity contribution in [2.45, 2.75) is 251 Å². The van der Waals surface area contributed by atoms with Crippen LogP contribution in [-0.2, 0) is 27.9 Å². The number of nitrogens with two attached hydrogens (primary N) is 1. The summed E-state index contributed by atoms with van der Waals surface area (Å²) in [4.78, 5) is 22.6. The summed E-state index contributed by atoms with van der Waals surface area (Å²) in [5, 5.41) is 0. The minimum Gasteiger partial charge on any atom is -0.457 e. The quantitative estimate of drug-likeness (QED) is 0.0268. The lowest BCUT2D eigenvalue weighted by Crippen LogP contribution is -2.28. The molecule has 384 valence electrons. The number of phosphoric ester groups is 1. The van der Waals surface area contributed by atoms with E-state index < -0.39 is 13.9 Å². The average Bonchev–Trinajstić information content (AvgIpc) is 3.31. The van der Waals surface area contributed by atoms with Gasteiger partial charge in [-0.3, -0.25) is 13.8 Å². The van der Waals surface area contributed by atoms with Gasteiger partial charge >= 0.3 is 13.8 Å². The number of ether oxygens (including phenoxy) is 2. The van der Waals surface area contributed by atoms with Crippen LogP contribution in [0.4, 0.5) is 0 Å². The lowest BCUT2D eigenvalue weighted by Gasteiger charge is -2.20. The van der Waals surface area contributed by atoms with Crippen LogP contribution in [0.1, 0.15) is 245 Å². The highest BCUT2D eigenvalue weighted by Crippen LogP contribution is 2.43. The second-order valence-corrected chi connectivity index (χ2v) is 19.5. The summed E-state index contributed by atoms with van der Waals surface area (Å²) in [5.41, 5.74) is 5.40. The smallest absolute Gasteiger partial charge is 0.457 e. The molecule has 0 radical (unpaired) electrons. The van der Waals surface area contributed by atoms with E-state index in [2.05, 4.69) is 86.8 Å². The van der Waals surface area contributed by atoms with E-state index in [9.17, 15) is 14.3 Å². The molecular weight excluding hydrogens is 842 g/mol. The molecule has 0 aromatic rings. The van der Waals surface area contributed by atoms with Crippen LogP contribution < -0.4 is 5.73 Å². The maximum absolute atomic E-state index is 12.7. The zero-order valence-electron chi connectivity index (χ0n) is 42.9. The van der Waals surface area contributed by atoms with E-state index in [1.54, 1.807) is 0 Å². The van der Waals surface area contributed by atoms with Crippen LogP contribution in [0.3, 0.4) is 0 Å². The van der Waals surface area contributed by atoms with Crippen LogP contribution in [0.25, 0.3) is 0 Å². The normalized spacial score (nSPS) is 13.8. The average molecular weight is 946 g/mol. The molecule has 3 N–H and O–H groups in total. The number of hydrogen-bond acceptors (Lipinski definition) is 7. The third-order valence-corrected chi connectivity index (χ3v) is 12.6. The SMILES string of the molecule is CC/C=C\C/C=C\C/C=C\C/C=C\CCCCCCCCCCCCC(=O)OC(COCCCCCCCCCCCCCC/C=C\C/C=C\CCCCCCC)COP(=O)(O)OCCN. The van der Waals surface area contributed by atoms with Gasteiger partial charge in [-0.1, -0.05) is 228 Å². The first-order valence-electron chi connectivity index (χ1n) is 27.4. The fraction of sp³-hybridized carbons (Fsp3) is 0.772. The van der Waals surface area contributed by atoms with E-state index in [1.807, 2.05) is 0 Å². The summed E-state index contributed by atoms with van der Waals surface area (Å²) < 4.78 is 33.7. The van der Waals surface area contributed by atoms with Gasteiger partial charge < -0.3 is 20.1 Å². The topological polar surface area (TPSA) is 117 Å². The molecule has 0 aliphatic rings. The highest BCUT2D eigenvalue weighted by atomic mass is 31.2. The number of unbranched alkanes of at least 4 members (excludes halogenated alkanes) is 27. The molecule has 0 fully saturated rings. The molecule has 0 heterocycles. The molecule has 0 rings (SSSR count). The van der Waals surface area contributed by atoms with Gasteiger partial charge in [0.1, 0.15) is 6.10 Å². The molecule has 8 nitrogen and oxygen atoms in total. The number of allylic oxidation sites excluding steroid dienone is 12. The van der Waals surface area contributed by atoms with Crippen molar-refractivity contribution in [1.82, 2.24) is 0 Å². The van der Waals surface area contributed by atoms with Gasteiger partial charge in [-0.15, -0.1) is 0 Å². The van der Waals surface area contributed by atoms with Gasteiger partial charge in [-0.25, -0.2) is 4.57 Å². The minimum atomic E-state index is -4.29. The molecule has 0 aromatic carbocycles. The second kappa shape index (κ2) is 53.9. The Balaban J connectivity index is 3.92. The van der Waals surface area contributed by atoms with Crippen molar-refractivity contribution in [2.75, 3.05) is 33.0 Å². The van der Waals surface area contributed by atoms with E-state index in [4.69, 9.17) is 24.3 Å². The van der Waals surface area contributed by atoms with Crippen molar-refractivity contribution in [3.63, 3.8) is 0 Å². The van der Waals surface area contributed by atoms with E-state index in [0.29, 0.717) is 13.0 Å². The first-order chi connectivity index (χ1) is 32.4. The number of esters is 1. The number of rotatable bonds is 52. The Labute approximate surface area is 407 Å². The molecule has 0 aromatic heterocycles. The molecule has 0 saturated carbocycles. The van der Waals surface area contributed by atoms with E-state index in [1.165, 1.54) is 161 Å². The monoisotopic (exact) mass is 946 g/mol. The van der Waals surface area contributed by atoms with Crippen molar-refractivity contribution in [1.29, 1.82) is 0 Å². The van der Waals surface area contributed by atoms with Crippen molar-refractivity contribution in [2.24, 2.45) is 5.73 Å². The number of hydrogen-bond donors (Lipinski definition) is 2. The third-order valence-electron chi connectivity index (χ3n) is 11.6. The first kappa shape index (κ1) is 63.9. The van der Waals surface area contributed by atoms with Crippen LogP contribution in [0.5, 0.6) is 0 Å². The van der Waals surface area contributed by atoms with Gasteiger partial charge in [0.25, 0.3) is 0 Å². The zero-order chi connectivity index (χ0) is 48.0. The molecule has 0 aliphatic carbocycles. The molecule has 2 unspecified atom stereocenters. The Morgan fingerprint density at radius 1 is 0.470 bits per heavy atom. The lowest BCUT2D eigenvalue weighted by atomic mass is 10.0. The number of carbonyl (C=O) groups excluding carboxylic acids is 1. The van der Waals surface area contributed by atoms with Gasteiger partial charge in [-0.2, -0.15) is 0 Å². The zero-order valence-corrected chi connectivity index (χ0v) is 43.8. The molecule has 0 amide bonds. The van der Waals surface area contributed by atoms with Crippen molar-refractivity contribution in [3.05, 3.63) is 72.9 Å². The highest BCUT2D eigenvalue weighted by Gasteiger charge is 2.25. The minimum absolute atomic E-state index is 0.0970. The highest BCUT2D eigenvalue weighted by molar-refractivity contribution is 7.47. The van der Waals surface area contributed by atoms with E-state index in [0.717, 1.165) is 64.2 Å². The van der Waals surface area contributed by atoms with Gasteiger partial charge in [0.05, 0.1) is 19.8 Å². The third kappa shape index (κ3) is 52.9. The van der Waals surface area contributed by atoms with E-state index in [-0.39, 0.29) is 32.3 Å². The Morgan fingerprint density at radius 2 is 0.848 bits per heavy atom. The number of carbonyl (C=O) groups is 1. The molecule has 2 atom stereocenters. The maximum atomic E-state index is 12.7. The molecule has 66 heavy (non-hydrogen) atoms. The predicted octanol–water partition coefficient (Wildman–Crippen LogP) is 17.4.